The van der Waals surface area contributed by atoms with E-state index in [1.165, 1.54) is 0 Å². The Morgan fingerprint density at radius 3 is 1.05 bits per heavy atom. The summed E-state index contributed by atoms with van der Waals surface area (Å²) in [5.74, 6) is 0. The van der Waals surface area contributed by atoms with Crippen LogP contribution in [0.25, 0.3) is 0 Å². The van der Waals surface area contributed by atoms with Gasteiger partial charge in [-0.1, -0.05) is 13.8 Å². The van der Waals surface area contributed by atoms with Crippen LogP contribution in [0.2, 0.25) is 24.2 Å². The molecule has 0 amide bonds. The standard InChI is InChI=1S/C15H36O4Si2/c1-9-16-20(7,17-10-2)14(5)13-15(6)21(8,18-11-3)19-12-4/h14-15H,9-13H2,1-8H3. The van der Waals surface area contributed by atoms with E-state index in [4.69, 9.17) is 17.7 Å². The molecule has 128 valence electrons. The lowest BCUT2D eigenvalue weighted by Gasteiger charge is -2.37. The van der Waals surface area contributed by atoms with E-state index in [0.29, 0.717) is 37.5 Å². The van der Waals surface area contributed by atoms with Crippen LogP contribution in [0.1, 0.15) is 48.0 Å². The molecule has 0 aromatic carbocycles. The fourth-order valence-electron chi connectivity index (χ4n) is 2.76. The zero-order valence-corrected chi connectivity index (χ0v) is 17.3. The van der Waals surface area contributed by atoms with Crippen molar-refractivity contribution in [2.24, 2.45) is 0 Å². The lowest BCUT2D eigenvalue weighted by molar-refractivity contribution is 0.168. The van der Waals surface area contributed by atoms with Crippen molar-refractivity contribution in [3.63, 3.8) is 0 Å². The number of hydrogen-bond acceptors (Lipinski definition) is 4. The summed E-state index contributed by atoms with van der Waals surface area (Å²) >= 11 is 0. The molecule has 0 fully saturated rings. The van der Waals surface area contributed by atoms with Crippen molar-refractivity contribution in [2.75, 3.05) is 26.4 Å². The Hall–Kier alpha value is 0.274. The van der Waals surface area contributed by atoms with E-state index in [9.17, 15) is 0 Å². The maximum absolute atomic E-state index is 6.02. The van der Waals surface area contributed by atoms with Crippen molar-refractivity contribution in [2.45, 2.75) is 72.1 Å². The van der Waals surface area contributed by atoms with Gasteiger partial charge in [-0.05, 0) is 58.3 Å². The smallest absolute Gasteiger partial charge is 0.337 e. The average molecular weight is 337 g/mol. The zero-order valence-electron chi connectivity index (χ0n) is 15.3. The van der Waals surface area contributed by atoms with Gasteiger partial charge in [-0.25, -0.2) is 0 Å². The highest BCUT2D eigenvalue weighted by atomic mass is 28.4. The minimum atomic E-state index is -2.13. The number of rotatable bonds is 12. The molecule has 0 bridgehead atoms. The molecule has 0 saturated carbocycles. The quantitative estimate of drug-likeness (QED) is 0.493. The Labute approximate surface area is 134 Å². The summed E-state index contributed by atoms with van der Waals surface area (Å²) in [6.07, 6.45) is 1.03. The second-order valence-corrected chi connectivity index (χ2v) is 13.0. The Morgan fingerprint density at radius 2 is 0.857 bits per heavy atom. The molecule has 0 saturated heterocycles. The molecule has 0 heterocycles. The maximum Gasteiger partial charge on any atom is 0.337 e. The molecule has 0 aromatic heterocycles. The first kappa shape index (κ1) is 21.3. The van der Waals surface area contributed by atoms with Gasteiger partial charge in [-0.15, -0.1) is 0 Å². The molecule has 0 N–H and O–H groups in total. The fraction of sp³-hybridized carbons (Fsp3) is 1.00. The normalized spacial score (nSPS) is 16.0. The average Bonchev–Trinajstić information content (AvgIpc) is 2.39. The molecule has 6 heteroatoms. The van der Waals surface area contributed by atoms with Gasteiger partial charge in [0.25, 0.3) is 0 Å². The summed E-state index contributed by atoms with van der Waals surface area (Å²) in [5, 5.41) is 0. The summed E-state index contributed by atoms with van der Waals surface area (Å²) in [5.41, 5.74) is 0.834. The van der Waals surface area contributed by atoms with Crippen molar-refractivity contribution in [3.8, 4) is 0 Å². The highest BCUT2D eigenvalue weighted by Gasteiger charge is 2.44. The lowest BCUT2D eigenvalue weighted by atomic mass is 10.2. The zero-order chi connectivity index (χ0) is 16.5. The first-order valence-electron chi connectivity index (χ1n) is 8.35. The van der Waals surface area contributed by atoms with Crippen molar-refractivity contribution in [3.05, 3.63) is 0 Å². The van der Waals surface area contributed by atoms with Crippen LogP contribution in [0.15, 0.2) is 0 Å². The number of hydrogen-bond donors (Lipinski definition) is 0. The van der Waals surface area contributed by atoms with Gasteiger partial charge in [0.2, 0.25) is 0 Å². The second kappa shape index (κ2) is 10.1. The van der Waals surface area contributed by atoms with Crippen molar-refractivity contribution >= 4 is 17.1 Å². The van der Waals surface area contributed by atoms with Crippen LogP contribution in [0, 0.1) is 0 Å². The first-order valence-corrected chi connectivity index (χ1v) is 13.1. The predicted octanol–water partition coefficient (Wildman–Crippen LogP) is 4.45. The third kappa shape index (κ3) is 6.50. The van der Waals surface area contributed by atoms with Crippen LogP contribution < -0.4 is 0 Å². The fourth-order valence-corrected chi connectivity index (χ4v) is 8.15. The van der Waals surface area contributed by atoms with Gasteiger partial charge in [0.1, 0.15) is 0 Å². The lowest BCUT2D eigenvalue weighted by Crippen LogP contribution is -2.47. The van der Waals surface area contributed by atoms with Gasteiger partial charge in [-0.2, -0.15) is 0 Å². The highest BCUT2D eigenvalue weighted by molar-refractivity contribution is 6.69. The monoisotopic (exact) mass is 336 g/mol. The van der Waals surface area contributed by atoms with E-state index in [-0.39, 0.29) is 0 Å². The van der Waals surface area contributed by atoms with Crippen LogP contribution in [0.5, 0.6) is 0 Å². The topological polar surface area (TPSA) is 36.9 Å². The van der Waals surface area contributed by atoms with Gasteiger partial charge < -0.3 is 17.7 Å². The van der Waals surface area contributed by atoms with Gasteiger partial charge in [0.05, 0.1) is 0 Å². The molecule has 21 heavy (non-hydrogen) atoms. The molecule has 0 radical (unpaired) electrons. The first-order chi connectivity index (χ1) is 9.79. The highest BCUT2D eigenvalue weighted by Crippen LogP contribution is 2.37. The summed E-state index contributed by atoms with van der Waals surface area (Å²) in [6.45, 7) is 19.9. The van der Waals surface area contributed by atoms with Crippen molar-refractivity contribution < 1.29 is 17.7 Å². The van der Waals surface area contributed by atoms with Crippen LogP contribution in [-0.2, 0) is 17.7 Å². The third-order valence-electron chi connectivity index (χ3n) is 4.22. The van der Waals surface area contributed by atoms with Gasteiger partial charge >= 0.3 is 17.1 Å². The van der Waals surface area contributed by atoms with Crippen molar-refractivity contribution in [1.82, 2.24) is 0 Å². The molecule has 0 aromatic rings. The summed E-state index contributed by atoms with van der Waals surface area (Å²) < 4.78 is 24.1. The van der Waals surface area contributed by atoms with Crippen LogP contribution in [-0.4, -0.2) is 43.5 Å². The Kier molecular flexibility index (Phi) is 10.3. The Bertz CT molecular complexity index is 238. The van der Waals surface area contributed by atoms with Crippen LogP contribution in [0.3, 0.4) is 0 Å². The second-order valence-electron chi connectivity index (χ2n) is 5.80. The molecule has 0 aliphatic rings. The van der Waals surface area contributed by atoms with Crippen LogP contribution >= 0.6 is 0 Å². The molecule has 2 unspecified atom stereocenters. The summed E-state index contributed by atoms with van der Waals surface area (Å²) in [4.78, 5) is 0. The SMILES string of the molecule is CCO[Si](C)(OCC)C(C)CC(C)[Si](C)(OCC)OCC. The third-order valence-corrected chi connectivity index (χ3v) is 11.7. The molecular weight excluding hydrogens is 300 g/mol. The van der Waals surface area contributed by atoms with Gasteiger partial charge in [0, 0.05) is 26.4 Å². The minimum Gasteiger partial charge on any atom is -0.394 e. The van der Waals surface area contributed by atoms with E-state index in [2.05, 4.69) is 26.9 Å². The Morgan fingerprint density at radius 1 is 0.619 bits per heavy atom. The van der Waals surface area contributed by atoms with E-state index < -0.39 is 17.1 Å². The summed E-state index contributed by atoms with van der Waals surface area (Å²) in [6, 6.07) is 0. The van der Waals surface area contributed by atoms with Crippen LogP contribution in [0.4, 0.5) is 0 Å². The molecule has 0 aliphatic heterocycles. The molecule has 0 aliphatic carbocycles. The van der Waals surface area contributed by atoms with Gasteiger partial charge in [-0.3, -0.25) is 0 Å². The predicted molar refractivity (Wildman–Crippen MR) is 93.2 cm³/mol. The molecular formula is C15H36O4Si2. The minimum absolute atomic E-state index is 0.417. The largest absolute Gasteiger partial charge is 0.394 e. The molecule has 4 nitrogen and oxygen atoms in total. The van der Waals surface area contributed by atoms with Crippen molar-refractivity contribution in [1.29, 1.82) is 0 Å². The molecule has 2 atom stereocenters. The van der Waals surface area contributed by atoms with E-state index >= 15 is 0 Å². The van der Waals surface area contributed by atoms with E-state index in [0.717, 1.165) is 6.42 Å². The molecule has 0 rings (SSSR count). The maximum atomic E-state index is 6.02. The molecule has 0 spiro atoms. The van der Waals surface area contributed by atoms with Gasteiger partial charge in [0.15, 0.2) is 0 Å². The Balaban J connectivity index is 4.88. The van der Waals surface area contributed by atoms with E-state index in [1.807, 2.05) is 27.7 Å². The van der Waals surface area contributed by atoms with E-state index in [1.54, 1.807) is 0 Å². The summed E-state index contributed by atoms with van der Waals surface area (Å²) in [7, 11) is -4.26.